The van der Waals surface area contributed by atoms with E-state index in [1.54, 1.807) is 0 Å². The number of nitrogens with zero attached hydrogens (tertiary/aromatic N) is 1. The topological polar surface area (TPSA) is 3.24 Å². The number of unbranched alkanes of at least 4 members (excludes halogenated alkanes) is 2. The second-order valence-electron chi connectivity index (χ2n) is 1.73. The minimum atomic E-state index is 0.775. The molecule has 0 aromatic carbocycles. The first kappa shape index (κ1) is 13.2. The van der Waals surface area contributed by atoms with Crippen LogP contribution >= 0.6 is 23.6 Å². The van der Waals surface area contributed by atoms with E-state index in [-0.39, 0.29) is 0 Å². The van der Waals surface area contributed by atoms with Crippen molar-refractivity contribution >= 4 is 23.6 Å². The maximum Gasteiger partial charge on any atom is 0.0304 e. The van der Waals surface area contributed by atoms with Gasteiger partial charge in [-0.15, -0.1) is 3.94 Å². The summed E-state index contributed by atoms with van der Waals surface area (Å²) in [7, 11) is 0. The lowest BCUT2D eigenvalue weighted by molar-refractivity contribution is 0.609. The van der Waals surface area contributed by atoms with Crippen LogP contribution in [-0.4, -0.2) is 10.5 Å². The van der Waals surface area contributed by atoms with E-state index in [0.29, 0.717) is 0 Å². The van der Waals surface area contributed by atoms with Gasteiger partial charge in [0, 0.05) is 6.54 Å². The quantitative estimate of drug-likeness (QED) is 0.476. The molecule has 0 amide bonds. The molecule has 0 aliphatic carbocycles. The molecular formula is C7H17Cl2N. The van der Waals surface area contributed by atoms with Gasteiger partial charge in [-0.2, -0.15) is 0 Å². The summed E-state index contributed by atoms with van der Waals surface area (Å²) in [4.78, 5) is 0. The first-order chi connectivity index (χ1) is 4.77. The van der Waals surface area contributed by atoms with Crippen LogP contribution < -0.4 is 0 Å². The van der Waals surface area contributed by atoms with Gasteiger partial charge in [0.1, 0.15) is 0 Å². The van der Waals surface area contributed by atoms with E-state index in [1.165, 1.54) is 16.8 Å². The molecule has 0 aliphatic heterocycles. The van der Waals surface area contributed by atoms with Gasteiger partial charge in [-0.05, 0) is 30.0 Å². The molecule has 64 valence electrons. The molecule has 10 heavy (non-hydrogen) atoms. The Kier molecular flexibility index (Phi) is 16.1. The predicted molar refractivity (Wildman–Crippen MR) is 49.3 cm³/mol. The Morgan fingerprint density at radius 3 is 1.90 bits per heavy atom. The summed E-state index contributed by atoms with van der Waals surface area (Å²) >= 11 is 10.6. The molecule has 0 aromatic rings. The Hall–Kier alpha value is 0.540. The van der Waals surface area contributed by atoms with Gasteiger partial charge in [0.25, 0.3) is 0 Å². The van der Waals surface area contributed by atoms with Gasteiger partial charge in [-0.3, -0.25) is 0 Å². The lowest BCUT2D eigenvalue weighted by atomic mass is 10.3. The molecule has 0 bridgehead atoms. The summed E-state index contributed by atoms with van der Waals surface area (Å²) in [5.74, 6) is 0. The molecule has 0 N–H and O–H groups in total. The van der Waals surface area contributed by atoms with Crippen molar-refractivity contribution in [2.75, 3.05) is 6.54 Å². The highest BCUT2D eigenvalue weighted by molar-refractivity contribution is 6.33. The minimum Gasteiger partial charge on any atom is -0.132 e. The first-order valence-electron chi connectivity index (χ1n) is 3.86. The molecule has 0 aromatic heterocycles. The fourth-order valence-corrected chi connectivity index (χ4v) is 0.720. The summed E-state index contributed by atoms with van der Waals surface area (Å²) < 4.78 is 1.18. The van der Waals surface area contributed by atoms with E-state index in [9.17, 15) is 0 Å². The van der Waals surface area contributed by atoms with Crippen LogP contribution in [0.25, 0.3) is 0 Å². The molecule has 0 spiro atoms. The van der Waals surface area contributed by atoms with Gasteiger partial charge in [-0.1, -0.05) is 33.6 Å². The monoisotopic (exact) mass is 185 g/mol. The largest absolute Gasteiger partial charge is 0.132 e. The van der Waals surface area contributed by atoms with Crippen LogP contribution in [0.2, 0.25) is 0 Å². The molecule has 0 aliphatic rings. The maximum atomic E-state index is 5.31. The first-order valence-corrected chi connectivity index (χ1v) is 4.54. The Labute approximate surface area is 74.5 Å². The van der Waals surface area contributed by atoms with Crippen LogP contribution in [0.5, 0.6) is 0 Å². The Bertz CT molecular complexity index is 48.9. The van der Waals surface area contributed by atoms with E-state index in [0.717, 1.165) is 13.0 Å². The summed E-state index contributed by atoms with van der Waals surface area (Å²) in [5.41, 5.74) is 0. The van der Waals surface area contributed by atoms with Crippen molar-refractivity contribution in [3.8, 4) is 0 Å². The number of hydrogen-bond acceptors (Lipinski definition) is 1. The van der Waals surface area contributed by atoms with E-state index in [1.807, 2.05) is 13.8 Å². The predicted octanol–water partition coefficient (Wildman–Crippen LogP) is 3.81. The average Bonchev–Trinajstić information content (AvgIpc) is 1.92. The van der Waals surface area contributed by atoms with Crippen molar-refractivity contribution in [2.45, 2.75) is 40.0 Å². The third kappa shape index (κ3) is 15.8. The zero-order chi connectivity index (χ0) is 8.41. The SMILES string of the molecule is CC.CCCCCN(Cl)Cl. The smallest absolute Gasteiger partial charge is 0.0304 e. The van der Waals surface area contributed by atoms with Crippen LogP contribution in [0.15, 0.2) is 0 Å². The van der Waals surface area contributed by atoms with Gasteiger partial charge >= 0.3 is 0 Å². The molecular weight excluding hydrogens is 169 g/mol. The van der Waals surface area contributed by atoms with Crippen LogP contribution in [0.3, 0.4) is 0 Å². The normalized spacial score (nSPS) is 9.00. The highest BCUT2D eigenvalue weighted by Gasteiger charge is 1.91. The third-order valence-corrected chi connectivity index (χ3v) is 1.27. The standard InChI is InChI=1S/C5H11Cl2N.C2H6/c1-2-3-4-5-8(6)7;1-2/h2-5H2,1H3;1-2H3. The Morgan fingerprint density at radius 2 is 1.60 bits per heavy atom. The highest BCUT2D eigenvalue weighted by atomic mass is 35.5. The van der Waals surface area contributed by atoms with Crippen LogP contribution in [0.1, 0.15) is 40.0 Å². The van der Waals surface area contributed by atoms with Crippen molar-refractivity contribution in [3.63, 3.8) is 0 Å². The fourth-order valence-electron chi connectivity index (χ4n) is 0.481. The minimum absolute atomic E-state index is 0.775. The van der Waals surface area contributed by atoms with Crippen molar-refractivity contribution in [3.05, 3.63) is 0 Å². The Balaban J connectivity index is 0. The molecule has 0 heterocycles. The van der Waals surface area contributed by atoms with E-state index < -0.39 is 0 Å². The zero-order valence-electron chi connectivity index (χ0n) is 7.03. The molecule has 3 heteroatoms. The molecule has 0 unspecified atom stereocenters. The fraction of sp³-hybridized carbons (Fsp3) is 1.00. The van der Waals surface area contributed by atoms with E-state index in [4.69, 9.17) is 23.6 Å². The van der Waals surface area contributed by atoms with Crippen LogP contribution in [-0.2, 0) is 0 Å². The second kappa shape index (κ2) is 12.2. The van der Waals surface area contributed by atoms with Crippen LogP contribution in [0.4, 0.5) is 0 Å². The summed E-state index contributed by atoms with van der Waals surface area (Å²) in [6, 6.07) is 0. The number of hydrogen-bond donors (Lipinski definition) is 0. The van der Waals surface area contributed by atoms with Gasteiger partial charge in [0.05, 0.1) is 0 Å². The second-order valence-corrected chi connectivity index (χ2v) is 2.72. The summed E-state index contributed by atoms with van der Waals surface area (Å²) in [5, 5.41) is 0. The number of halogens is 2. The lowest BCUT2D eigenvalue weighted by Gasteiger charge is -2.00. The molecule has 0 rings (SSSR count). The number of rotatable bonds is 4. The lowest BCUT2D eigenvalue weighted by Crippen LogP contribution is -1.98. The zero-order valence-corrected chi connectivity index (χ0v) is 8.54. The summed E-state index contributed by atoms with van der Waals surface area (Å²) in [6.07, 6.45) is 3.50. The van der Waals surface area contributed by atoms with Crippen molar-refractivity contribution < 1.29 is 0 Å². The Morgan fingerprint density at radius 1 is 1.10 bits per heavy atom. The molecule has 0 fully saturated rings. The maximum absolute atomic E-state index is 5.31. The van der Waals surface area contributed by atoms with Gasteiger partial charge < -0.3 is 0 Å². The van der Waals surface area contributed by atoms with Gasteiger partial charge in [0.15, 0.2) is 0 Å². The summed E-state index contributed by atoms with van der Waals surface area (Å²) in [6.45, 7) is 6.92. The van der Waals surface area contributed by atoms with E-state index in [2.05, 4.69) is 6.92 Å². The highest BCUT2D eigenvalue weighted by Crippen LogP contribution is 2.02. The van der Waals surface area contributed by atoms with Gasteiger partial charge in [0.2, 0.25) is 0 Å². The van der Waals surface area contributed by atoms with Crippen molar-refractivity contribution in [1.82, 2.24) is 3.94 Å². The molecule has 0 saturated carbocycles. The van der Waals surface area contributed by atoms with E-state index >= 15 is 0 Å². The van der Waals surface area contributed by atoms with Gasteiger partial charge in [-0.25, -0.2) is 0 Å². The average molecular weight is 186 g/mol. The van der Waals surface area contributed by atoms with Crippen molar-refractivity contribution in [2.24, 2.45) is 0 Å². The molecule has 0 atom stereocenters. The molecule has 1 nitrogen and oxygen atoms in total. The molecule has 0 radical (unpaired) electrons. The molecule has 0 saturated heterocycles. The van der Waals surface area contributed by atoms with Crippen LogP contribution in [0, 0.1) is 0 Å². The third-order valence-electron chi connectivity index (χ3n) is 0.931. The van der Waals surface area contributed by atoms with Crippen molar-refractivity contribution in [1.29, 1.82) is 0 Å².